The molecular formula is C8H18O5S4. The molecule has 0 aliphatic rings. The second-order valence-electron chi connectivity index (χ2n) is 2.22. The van der Waals surface area contributed by atoms with E-state index in [-0.39, 0.29) is 12.8 Å². The number of carboxylic acids is 2. The summed E-state index contributed by atoms with van der Waals surface area (Å²) in [5.41, 5.74) is 0. The predicted octanol–water partition coefficient (Wildman–Crippen LogP) is 2.64. The van der Waals surface area contributed by atoms with Crippen LogP contribution in [-0.4, -0.2) is 44.0 Å². The third kappa shape index (κ3) is 48.4. The molecule has 0 rings (SSSR count). The van der Waals surface area contributed by atoms with Gasteiger partial charge in [0.25, 0.3) is 0 Å². The Hall–Kier alpha value is 0.300. The SMILES string of the molecule is CCSSO.O=C(O)CCS.O=C(O)CCS. The minimum atomic E-state index is -0.787. The van der Waals surface area contributed by atoms with Crippen LogP contribution in [0.5, 0.6) is 0 Å². The van der Waals surface area contributed by atoms with Crippen LogP contribution in [0.3, 0.4) is 0 Å². The van der Waals surface area contributed by atoms with Crippen LogP contribution < -0.4 is 0 Å². The van der Waals surface area contributed by atoms with Crippen molar-refractivity contribution in [3.63, 3.8) is 0 Å². The van der Waals surface area contributed by atoms with Crippen LogP contribution in [0, 0.1) is 0 Å². The normalized spacial score (nSPS) is 8.24. The monoisotopic (exact) mass is 322 g/mol. The summed E-state index contributed by atoms with van der Waals surface area (Å²) in [7, 11) is 1.44. The molecule has 17 heavy (non-hydrogen) atoms. The molecule has 9 heteroatoms. The molecular weight excluding hydrogens is 304 g/mol. The van der Waals surface area contributed by atoms with Gasteiger partial charge >= 0.3 is 11.9 Å². The lowest BCUT2D eigenvalue weighted by Crippen LogP contribution is -1.93. The van der Waals surface area contributed by atoms with E-state index in [1.165, 1.54) is 10.8 Å². The molecule has 0 heterocycles. The van der Waals surface area contributed by atoms with E-state index >= 15 is 0 Å². The Morgan fingerprint density at radius 2 is 1.41 bits per heavy atom. The molecule has 0 unspecified atom stereocenters. The molecule has 0 radical (unpaired) electrons. The highest BCUT2D eigenvalue weighted by Gasteiger charge is 1.88. The van der Waals surface area contributed by atoms with Gasteiger partial charge in [-0.25, -0.2) is 0 Å². The summed E-state index contributed by atoms with van der Waals surface area (Å²) < 4.78 is 7.95. The molecule has 0 fully saturated rings. The van der Waals surface area contributed by atoms with E-state index < -0.39 is 11.9 Å². The fraction of sp³-hybridized carbons (Fsp3) is 0.750. The molecule has 0 aliphatic carbocycles. The van der Waals surface area contributed by atoms with E-state index in [2.05, 4.69) is 25.3 Å². The van der Waals surface area contributed by atoms with Gasteiger partial charge in [-0.1, -0.05) is 17.7 Å². The lowest BCUT2D eigenvalue weighted by molar-refractivity contribution is -0.137. The van der Waals surface area contributed by atoms with Gasteiger partial charge in [0.05, 0.1) is 23.9 Å². The fourth-order valence-electron chi connectivity index (χ4n) is 0.244. The summed E-state index contributed by atoms with van der Waals surface area (Å²) >= 11 is 8.18. The Morgan fingerprint density at radius 3 is 1.41 bits per heavy atom. The minimum Gasteiger partial charge on any atom is -0.481 e. The van der Waals surface area contributed by atoms with Gasteiger partial charge in [-0.3, -0.25) is 9.59 Å². The molecule has 0 saturated heterocycles. The molecule has 0 aromatic heterocycles. The number of thiol groups is 2. The molecule has 104 valence electrons. The van der Waals surface area contributed by atoms with Gasteiger partial charge in [-0.2, -0.15) is 25.3 Å². The number of hydrogen-bond acceptors (Lipinski definition) is 7. The summed E-state index contributed by atoms with van der Waals surface area (Å²) in [5, 5.41) is 15.7. The van der Waals surface area contributed by atoms with E-state index in [9.17, 15) is 9.59 Å². The Balaban J connectivity index is -0.000000174. The van der Waals surface area contributed by atoms with Crippen molar-refractivity contribution in [2.24, 2.45) is 0 Å². The molecule has 5 nitrogen and oxygen atoms in total. The molecule has 3 N–H and O–H groups in total. The number of rotatable bonds is 6. The Labute approximate surface area is 120 Å². The Morgan fingerprint density at radius 1 is 1.06 bits per heavy atom. The molecule has 0 bridgehead atoms. The first-order valence-electron chi connectivity index (χ1n) is 4.54. The topological polar surface area (TPSA) is 94.8 Å². The van der Waals surface area contributed by atoms with Crippen LogP contribution in [0.1, 0.15) is 19.8 Å². The second kappa shape index (κ2) is 21.6. The summed E-state index contributed by atoms with van der Waals surface area (Å²) in [6, 6.07) is 0. The van der Waals surface area contributed by atoms with Crippen LogP contribution in [0.25, 0.3) is 0 Å². The second-order valence-corrected chi connectivity index (χ2v) is 5.23. The Kier molecular flexibility index (Phi) is 28.5. The smallest absolute Gasteiger partial charge is 0.304 e. The van der Waals surface area contributed by atoms with Crippen molar-refractivity contribution in [3.8, 4) is 0 Å². The Bertz CT molecular complexity index is 161. The van der Waals surface area contributed by atoms with E-state index in [0.717, 1.165) is 16.8 Å². The summed E-state index contributed by atoms with van der Waals surface area (Å²) in [5.74, 6) is 0.251. The standard InChI is InChI=1S/2C3H6O2S.C2H6OS2/c2*4-3(5)1-2-6;1-2-4-5-3/h2*6H,1-2H2,(H,4,5);3H,2H2,1H3. The zero-order valence-corrected chi connectivity index (χ0v) is 12.8. The molecule has 0 atom stereocenters. The highest BCUT2D eigenvalue weighted by molar-refractivity contribution is 8.74. The van der Waals surface area contributed by atoms with Crippen LogP contribution in [-0.2, 0) is 9.59 Å². The lowest BCUT2D eigenvalue weighted by Gasteiger charge is -1.79. The van der Waals surface area contributed by atoms with Gasteiger partial charge in [0.1, 0.15) is 0 Å². The summed E-state index contributed by atoms with van der Waals surface area (Å²) in [6.45, 7) is 1.99. The summed E-state index contributed by atoms with van der Waals surface area (Å²) in [4.78, 5) is 19.1. The average Bonchev–Trinajstić information content (AvgIpc) is 2.20. The van der Waals surface area contributed by atoms with Crippen molar-refractivity contribution in [1.29, 1.82) is 0 Å². The molecule has 0 aromatic carbocycles. The maximum atomic E-state index is 9.55. The van der Waals surface area contributed by atoms with E-state index in [1.54, 1.807) is 0 Å². The first-order chi connectivity index (χ1) is 7.95. The first-order valence-corrected chi connectivity index (χ1v) is 8.08. The van der Waals surface area contributed by atoms with Crippen LogP contribution in [0.4, 0.5) is 0 Å². The highest BCUT2D eigenvalue weighted by Crippen LogP contribution is 2.13. The number of carbonyl (C=O) groups is 2. The van der Waals surface area contributed by atoms with Crippen molar-refractivity contribution in [3.05, 3.63) is 0 Å². The zero-order valence-electron chi connectivity index (χ0n) is 9.40. The fourth-order valence-corrected chi connectivity index (χ4v) is 1.05. The van der Waals surface area contributed by atoms with Crippen molar-refractivity contribution in [1.82, 2.24) is 0 Å². The number of aliphatic carboxylic acids is 2. The minimum absolute atomic E-state index is 0.156. The average molecular weight is 322 g/mol. The van der Waals surface area contributed by atoms with E-state index in [0.29, 0.717) is 11.5 Å². The van der Waals surface area contributed by atoms with Gasteiger partial charge in [0, 0.05) is 17.3 Å². The van der Waals surface area contributed by atoms with Gasteiger partial charge in [-0.15, -0.1) is 0 Å². The first kappa shape index (κ1) is 22.5. The number of carboxylic acid groups (broad SMARTS) is 2. The van der Waals surface area contributed by atoms with Crippen molar-refractivity contribution < 1.29 is 24.4 Å². The predicted molar refractivity (Wildman–Crippen MR) is 80.6 cm³/mol. The molecule has 0 aromatic rings. The molecule has 0 amide bonds. The largest absolute Gasteiger partial charge is 0.481 e. The highest BCUT2D eigenvalue weighted by atomic mass is 33.1. The van der Waals surface area contributed by atoms with Crippen LogP contribution >= 0.6 is 47.1 Å². The molecule has 0 saturated carbocycles. The van der Waals surface area contributed by atoms with Gasteiger partial charge in [0.2, 0.25) is 0 Å². The quantitative estimate of drug-likeness (QED) is 0.291. The van der Waals surface area contributed by atoms with Gasteiger partial charge < -0.3 is 14.8 Å². The number of hydrogen-bond donors (Lipinski definition) is 5. The molecule has 0 aliphatic heterocycles. The maximum absolute atomic E-state index is 9.55. The van der Waals surface area contributed by atoms with Crippen molar-refractivity contribution in [2.45, 2.75) is 19.8 Å². The van der Waals surface area contributed by atoms with E-state index in [4.69, 9.17) is 14.8 Å². The molecule has 0 spiro atoms. The van der Waals surface area contributed by atoms with Gasteiger partial charge in [-0.05, 0) is 0 Å². The summed E-state index contributed by atoms with van der Waals surface area (Å²) in [6.07, 6.45) is 0.312. The van der Waals surface area contributed by atoms with E-state index in [1.807, 2.05) is 6.92 Å². The zero-order chi connectivity index (χ0) is 14.1. The van der Waals surface area contributed by atoms with Gasteiger partial charge in [0.15, 0.2) is 0 Å². The third-order valence-electron chi connectivity index (χ3n) is 0.822. The van der Waals surface area contributed by atoms with Crippen LogP contribution in [0.15, 0.2) is 0 Å². The van der Waals surface area contributed by atoms with Crippen LogP contribution in [0.2, 0.25) is 0 Å². The third-order valence-corrected chi connectivity index (χ3v) is 2.63. The van der Waals surface area contributed by atoms with Crippen molar-refractivity contribution in [2.75, 3.05) is 17.3 Å². The maximum Gasteiger partial charge on any atom is 0.304 e. The van der Waals surface area contributed by atoms with Crippen molar-refractivity contribution >= 4 is 59.1 Å². The lowest BCUT2D eigenvalue weighted by atomic mass is 10.5.